The molecule has 3 aromatic heterocycles. The van der Waals surface area contributed by atoms with Gasteiger partial charge in [0.05, 0.1) is 29.5 Å². The van der Waals surface area contributed by atoms with E-state index in [0.717, 1.165) is 29.5 Å². The smallest absolute Gasteiger partial charge is 0.410 e. The Kier molecular flexibility index (Phi) is 6.19. The summed E-state index contributed by atoms with van der Waals surface area (Å²) in [7, 11) is 0. The number of benzene rings is 1. The molecule has 5 rings (SSSR count). The second-order valence-corrected chi connectivity index (χ2v) is 9.29. The van der Waals surface area contributed by atoms with Crippen molar-refractivity contribution < 1.29 is 13.9 Å². The van der Waals surface area contributed by atoms with Gasteiger partial charge in [-0.2, -0.15) is 0 Å². The van der Waals surface area contributed by atoms with Crippen molar-refractivity contribution in [2.75, 3.05) is 13.1 Å². The Morgan fingerprint density at radius 2 is 2.03 bits per heavy atom. The van der Waals surface area contributed by atoms with E-state index in [9.17, 15) is 4.79 Å². The molecule has 0 bridgehead atoms. The summed E-state index contributed by atoms with van der Waals surface area (Å²) in [5.74, 6) is 0.0166. The van der Waals surface area contributed by atoms with Crippen molar-refractivity contribution in [3.05, 3.63) is 65.6 Å². The van der Waals surface area contributed by atoms with E-state index in [0.29, 0.717) is 36.8 Å². The highest BCUT2D eigenvalue weighted by molar-refractivity contribution is 5.83. The molecule has 9 nitrogen and oxygen atoms in total. The fourth-order valence-corrected chi connectivity index (χ4v) is 4.67. The molecule has 0 spiro atoms. The lowest BCUT2D eigenvalue weighted by molar-refractivity contribution is 0.0692. The topological polar surface area (TPSA) is 91.0 Å². The first-order chi connectivity index (χ1) is 16.9. The van der Waals surface area contributed by atoms with Gasteiger partial charge in [-0.1, -0.05) is 6.07 Å². The number of hydrogen-bond donors (Lipinski definition) is 0. The van der Waals surface area contributed by atoms with Crippen LogP contribution < -0.4 is 0 Å². The van der Waals surface area contributed by atoms with Gasteiger partial charge in [-0.25, -0.2) is 13.9 Å². The number of amides is 1. The number of carbonyl (C=O) groups excluding carboxylic acids is 1. The summed E-state index contributed by atoms with van der Waals surface area (Å²) in [6.45, 7) is 7.59. The van der Waals surface area contributed by atoms with Crippen molar-refractivity contribution in [3.8, 4) is 5.69 Å². The Morgan fingerprint density at radius 1 is 1.23 bits per heavy atom. The second-order valence-electron chi connectivity index (χ2n) is 9.29. The van der Waals surface area contributed by atoms with E-state index in [-0.39, 0.29) is 18.0 Å². The van der Waals surface area contributed by atoms with Crippen LogP contribution in [-0.2, 0) is 11.3 Å². The van der Waals surface area contributed by atoms with Gasteiger partial charge in [0, 0.05) is 36.9 Å². The monoisotopic (exact) mass is 477 g/mol. The van der Waals surface area contributed by atoms with Gasteiger partial charge < -0.3 is 14.2 Å². The standard InChI is InChI=1S/C25H28FN7O2/c1-16(2)35-25(34)31-7-4-18(5-8-31)20-10-17(3)23(27-13-20)14-32-9-6-19-11-21(12-22(26)24(19)32)33-15-28-29-30-33/h6,9-13,15-16,18H,4-5,7-8,14H2,1-3H3. The average Bonchev–Trinajstić information content (AvgIpc) is 3.51. The van der Waals surface area contributed by atoms with E-state index in [1.807, 2.05) is 49.9 Å². The molecule has 0 radical (unpaired) electrons. The van der Waals surface area contributed by atoms with Gasteiger partial charge >= 0.3 is 6.09 Å². The number of fused-ring (bicyclic) bond motifs is 1. The number of aryl methyl sites for hydroxylation is 1. The highest BCUT2D eigenvalue weighted by Gasteiger charge is 2.25. The number of aromatic nitrogens is 6. The zero-order valence-electron chi connectivity index (χ0n) is 20.1. The van der Waals surface area contributed by atoms with E-state index < -0.39 is 0 Å². The number of ether oxygens (including phenoxy) is 1. The summed E-state index contributed by atoms with van der Waals surface area (Å²) in [6.07, 6.45) is 6.65. The van der Waals surface area contributed by atoms with Crippen LogP contribution in [0, 0.1) is 12.7 Å². The molecule has 10 heteroatoms. The quantitative estimate of drug-likeness (QED) is 0.427. The van der Waals surface area contributed by atoms with E-state index in [1.165, 1.54) is 22.6 Å². The molecule has 0 N–H and O–H groups in total. The molecule has 1 aliphatic rings. The van der Waals surface area contributed by atoms with Crippen LogP contribution in [0.15, 0.2) is 43.0 Å². The minimum atomic E-state index is -0.338. The van der Waals surface area contributed by atoms with Crippen LogP contribution >= 0.6 is 0 Å². The van der Waals surface area contributed by atoms with Crippen molar-refractivity contribution in [2.45, 2.75) is 52.2 Å². The number of rotatable bonds is 5. The number of nitrogens with zero attached hydrogens (tertiary/aromatic N) is 7. The van der Waals surface area contributed by atoms with Gasteiger partial charge in [-0.05, 0) is 73.2 Å². The van der Waals surface area contributed by atoms with Crippen molar-refractivity contribution in [1.29, 1.82) is 0 Å². The molecule has 182 valence electrons. The van der Waals surface area contributed by atoms with Crippen molar-refractivity contribution in [3.63, 3.8) is 0 Å². The van der Waals surface area contributed by atoms with Gasteiger partial charge in [0.1, 0.15) is 12.1 Å². The molecular formula is C25H28FN7O2. The largest absolute Gasteiger partial charge is 0.447 e. The summed E-state index contributed by atoms with van der Waals surface area (Å²) < 4.78 is 23.7. The van der Waals surface area contributed by atoms with E-state index in [2.05, 4.69) is 21.6 Å². The van der Waals surface area contributed by atoms with Crippen LogP contribution in [-0.4, -0.2) is 59.9 Å². The molecule has 1 fully saturated rings. The lowest BCUT2D eigenvalue weighted by Crippen LogP contribution is -2.39. The number of piperidine rings is 1. The maximum Gasteiger partial charge on any atom is 0.410 e. The summed E-state index contributed by atoms with van der Waals surface area (Å²) in [4.78, 5) is 18.7. The summed E-state index contributed by atoms with van der Waals surface area (Å²) in [5, 5.41) is 11.8. The maximum absolute atomic E-state index is 15.0. The van der Waals surface area contributed by atoms with Crippen LogP contribution in [0.25, 0.3) is 16.6 Å². The molecule has 1 saturated heterocycles. The van der Waals surface area contributed by atoms with Gasteiger partial charge in [-0.15, -0.1) is 5.10 Å². The van der Waals surface area contributed by atoms with Gasteiger partial charge in [0.25, 0.3) is 0 Å². The number of likely N-dealkylation sites (tertiary alicyclic amines) is 1. The lowest BCUT2D eigenvalue weighted by Gasteiger charge is -2.32. The molecule has 0 atom stereocenters. The first-order valence-corrected chi connectivity index (χ1v) is 11.8. The molecule has 4 aromatic rings. The molecule has 0 aliphatic carbocycles. The third-order valence-corrected chi connectivity index (χ3v) is 6.50. The summed E-state index contributed by atoms with van der Waals surface area (Å²) in [6, 6.07) is 7.35. The molecule has 0 unspecified atom stereocenters. The highest BCUT2D eigenvalue weighted by atomic mass is 19.1. The minimum Gasteiger partial charge on any atom is -0.447 e. The van der Waals surface area contributed by atoms with Crippen molar-refractivity contribution >= 4 is 17.0 Å². The van der Waals surface area contributed by atoms with Gasteiger partial charge in [0.15, 0.2) is 0 Å². The fourth-order valence-electron chi connectivity index (χ4n) is 4.67. The Labute approximate surface area is 202 Å². The second kappa shape index (κ2) is 9.44. The first kappa shape index (κ1) is 22.9. The molecule has 0 saturated carbocycles. The number of hydrogen-bond acceptors (Lipinski definition) is 6. The third kappa shape index (κ3) is 4.73. The zero-order valence-corrected chi connectivity index (χ0v) is 20.1. The van der Waals surface area contributed by atoms with E-state index in [4.69, 9.17) is 9.72 Å². The minimum absolute atomic E-state index is 0.112. The van der Waals surface area contributed by atoms with E-state index >= 15 is 4.39 Å². The lowest BCUT2D eigenvalue weighted by atomic mass is 9.89. The first-order valence-electron chi connectivity index (χ1n) is 11.8. The number of pyridine rings is 1. The van der Waals surface area contributed by atoms with E-state index in [1.54, 1.807) is 4.90 Å². The predicted molar refractivity (Wildman–Crippen MR) is 128 cm³/mol. The van der Waals surface area contributed by atoms with Crippen LogP contribution in [0.5, 0.6) is 0 Å². The highest BCUT2D eigenvalue weighted by Crippen LogP contribution is 2.30. The number of tetrazole rings is 1. The molecule has 1 aliphatic heterocycles. The Balaban J connectivity index is 1.30. The molecule has 1 aromatic carbocycles. The third-order valence-electron chi connectivity index (χ3n) is 6.50. The summed E-state index contributed by atoms with van der Waals surface area (Å²) >= 11 is 0. The summed E-state index contributed by atoms with van der Waals surface area (Å²) in [5.41, 5.74) is 4.23. The SMILES string of the molecule is Cc1cc(C2CCN(C(=O)OC(C)C)CC2)cnc1Cn1ccc2cc(-n3cnnn3)cc(F)c21. The predicted octanol–water partition coefficient (Wildman–Crippen LogP) is 4.23. The van der Waals surface area contributed by atoms with Crippen LogP contribution in [0.2, 0.25) is 0 Å². The van der Waals surface area contributed by atoms with Crippen LogP contribution in [0.3, 0.4) is 0 Å². The molecule has 35 heavy (non-hydrogen) atoms. The normalized spacial score (nSPS) is 14.7. The van der Waals surface area contributed by atoms with Gasteiger partial charge in [-0.3, -0.25) is 4.98 Å². The Hall–Kier alpha value is -3.82. The number of halogens is 1. The zero-order chi connectivity index (χ0) is 24.5. The fraction of sp³-hybridized carbons (Fsp3) is 0.400. The Morgan fingerprint density at radius 3 is 2.71 bits per heavy atom. The van der Waals surface area contributed by atoms with Gasteiger partial charge in [0.2, 0.25) is 0 Å². The molecule has 4 heterocycles. The van der Waals surface area contributed by atoms with Crippen LogP contribution in [0.4, 0.5) is 9.18 Å². The molecular weight excluding hydrogens is 449 g/mol. The van der Waals surface area contributed by atoms with Crippen molar-refractivity contribution in [1.82, 2.24) is 34.7 Å². The number of carbonyl (C=O) groups is 1. The van der Waals surface area contributed by atoms with Crippen LogP contribution in [0.1, 0.15) is 49.4 Å². The maximum atomic E-state index is 15.0. The molecule has 1 amide bonds. The average molecular weight is 478 g/mol. The Bertz CT molecular complexity index is 1340. The van der Waals surface area contributed by atoms with Crippen molar-refractivity contribution in [2.24, 2.45) is 0 Å².